The van der Waals surface area contributed by atoms with Crippen LogP contribution in [0.5, 0.6) is 0 Å². The number of rotatable bonds is 6. The number of hydrogen-bond donors (Lipinski definition) is 2. The largest absolute Gasteiger partial charge is 0.478 e. The Kier molecular flexibility index (Phi) is 5.22. The van der Waals surface area contributed by atoms with Gasteiger partial charge in [0.1, 0.15) is 0 Å². The van der Waals surface area contributed by atoms with E-state index in [9.17, 15) is 4.79 Å². The van der Waals surface area contributed by atoms with Crippen LogP contribution in [0.15, 0.2) is 29.2 Å². The Labute approximate surface area is 99.8 Å². The van der Waals surface area contributed by atoms with Crippen molar-refractivity contribution in [3.63, 3.8) is 0 Å². The maximum atomic E-state index is 10.6. The van der Waals surface area contributed by atoms with E-state index in [1.807, 2.05) is 6.07 Å². The van der Waals surface area contributed by atoms with E-state index in [1.54, 1.807) is 24.3 Å². The molecular formula is C12H17NO2S. The highest BCUT2D eigenvalue weighted by atomic mass is 32.1. The van der Waals surface area contributed by atoms with E-state index in [2.05, 4.69) is 23.7 Å². The van der Waals surface area contributed by atoms with Crippen molar-refractivity contribution in [3.05, 3.63) is 34.0 Å². The van der Waals surface area contributed by atoms with Gasteiger partial charge in [-0.15, -0.1) is 11.3 Å². The molecule has 0 saturated carbocycles. The van der Waals surface area contributed by atoms with Gasteiger partial charge in [0, 0.05) is 23.0 Å². The molecule has 0 fully saturated rings. The normalized spacial score (nSPS) is 13.8. The van der Waals surface area contributed by atoms with E-state index in [0.29, 0.717) is 18.2 Å². The Morgan fingerprint density at radius 2 is 2.44 bits per heavy atom. The molecule has 0 amide bonds. The number of nitrogens with one attached hydrogen (secondary N) is 1. The van der Waals surface area contributed by atoms with Crippen LogP contribution in [0.3, 0.4) is 0 Å². The third-order valence-electron chi connectivity index (χ3n) is 2.40. The number of carbonyl (C=O) groups is 1. The Hall–Kier alpha value is -1.13. The summed E-state index contributed by atoms with van der Waals surface area (Å²) in [5.41, 5.74) is 0.383. The SMILES string of the molecule is CCC(NC/C=C(/C)C(=O)O)c1cccs1. The zero-order valence-electron chi connectivity index (χ0n) is 9.56. The van der Waals surface area contributed by atoms with Gasteiger partial charge < -0.3 is 10.4 Å². The maximum absolute atomic E-state index is 10.6. The summed E-state index contributed by atoms with van der Waals surface area (Å²) >= 11 is 1.72. The van der Waals surface area contributed by atoms with E-state index in [0.717, 1.165) is 6.42 Å². The third-order valence-corrected chi connectivity index (χ3v) is 3.39. The van der Waals surface area contributed by atoms with E-state index in [4.69, 9.17) is 5.11 Å². The van der Waals surface area contributed by atoms with Crippen molar-refractivity contribution in [3.8, 4) is 0 Å². The minimum atomic E-state index is -0.856. The van der Waals surface area contributed by atoms with Crippen molar-refractivity contribution in [2.45, 2.75) is 26.3 Å². The van der Waals surface area contributed by atoms with Gasteiger partial charge in [0.15, 0.2) is 0 Å². The predicted molar refractivity (Wildman–Crippen MR) is 66.7 cm³/mol. The third kappa shape index (κ3) is 3.79. The highest BCUT2D eigenvalue weighted by Gasteiger charge is 2.08. The molecule has 0 bridgehead atoms. The van der Waals surface area contributed by atoms with E-state index < -0.39 is 5.97 Å². The molecule has 1 aromatic heterocycles. The van der Waals surface area contributed by atoms with Crippen LogP contribution in [0.2, 0.25) is 0 Å². The molecule has 3 nitrogen and oxygen atoms in total. The second-order valence-electron chi connectivity index (χ2n) is 3.58. The Bertz CT molecular complexity index is 357. The molecule has 0 aromatic carbocycles. The van der Waals surface area contributed by atoms with Gasteiger partial charge in [-0.05, 0) is 24.8 Å². The molecule has 0 aliphatic rings. The Morgan fingerprint density at radius 1 is 1.69 bits per heavy atom. The van der Waals surface area contributed by atoms with Gasteiger partial charge in [-0.25, -0.2) is 4.79 Å². The van der Waals surface area contributed by atoms with Crippen LogP contribution >= 0.6 is 11.3 Å². The molecule has 1 heterocycles. The van der Waals surface area contributed by atoms with Crippen LogP contribution in [0.4, 0.5) is 0 Å². The second-order valence-corrected chi connectivity index (χ2v) is 4.56. The van der Waals surface area contributed by atoms with E-state index in [1.165, 1.54) is 4.88 Å². The predicted octanol–water partition coefficient (Wildman–Crippen LogP) is 2.82. The summed E-state index contributed by atoms with van der Waals surface area (Å²) in [7, 11) is 0. The zero-order valence-corrected chi connectivity index (χ0v) is 10.4. The molecule has 88 valence electrons. The quantitative estimate of drug-likeness (QED) is 0.750. The molecule has 0 saturated heterocycles. The highest BCUT2D eigenvalue weighted by molar-refractivity contribution is 7.10. The highest BCUT2D eigenvalue weighted by Crippen LogP contribution is 2.21. The Balaban J connectivity index is 2.47. The summed E-state index contributed by atoms with van der Waals surface area (Å²) in [5, 5.41) is 14.1. The van der Waals surface area contributed by atoms with Crippen molar-refractivity contribution in [1.82, 2.24) is 5.32 Å². The van der Waals surface area contributed by atoms with Gasteiger partial charge in [-0.1, -0.05) is 19.1 Å². The number of thiophene rings is 1. The smallest absolute Gasteiger partial charge is 0.330 e. The molecule has 0 radical (unpaired) electrons. The molecule has 0 aliphatic heterocycles. The van der Waals surface area contributed by atoms with Crippen LogP contribution in [0, 0.1) is 0 Å². The van der Waals surface area contributed by atoms with Crippen molar-refractivity contribution in [2.24, 2.45) is 0 Å². The second kappa shape index (κ2) is 6.45. The van der Waals surface area contributed by atoms with Crippen LogP contribution < -0.4 is 5.32 Å². The molecule has 1 unspecified atom stereocenters. The fourth-order valence-corrected chi connectivity index (χ4v) is 2.26. The van der Waals surface area contributed by atoms with Crippen LogP contribution in [-0.4, -0.2) is 17.6 Å². The first-order valence-corrected chi connectivity index (χ1v) is 6.20. The molecule has 0 spiro atoms. The monoisotopic (exact) mass is 239 g/mol. The van der Waals surface area contributed by atoms with Gasteiger partial charge >= 0.3 is 5.97 Å². The molecule has 4 heteroatoms. The minimum Gasteiger partial charge on any atom is -0.478 e. The van der Waals surface area contributed by atoms with Gasteiger partial charge in [0.25, 0.3) is 0 Å². The summed E-state index contributed by atoms with van der Waals surface area (Å²) in [4.78, 5) is 11.9. The fraction of sp³-hybridized carbons (Fsp3) is 0.417. The number of carboxylic acid groups (broad SMARTS) is 1. The molecule has 1 aromatic rings. The first kappa shape index (κ1) is 12.9. The average molecular weight is 239 g/mol. The van der Waals surface area contributed by atoms with Crippen LogP contribution in [-0.2, 0) is 4.79 Å². The van der Waals surface area contributed by atoms with E-state index in [-0.39, 0.29) is 0 Å². The van der Waals surface area contributed by atoms with Crippen LogP contribution in [0.25, 0.3) is 0 Å². The summed E-state index contributed by atoms with van der Waals surface area (Å²) in [6.45, 7) is 4.32. The molecule has 1 rings (SSSR count). The first-order chi connectivity index (χ1) is 7.65. The number of hydrogen-bond acceptors (Lipinski definition) is 3. The van der Waals surface area contributed by atoms with E-state index >= 15 is 0 Å². The van der Waals surface area contributed by atoms with Crippen molar-refractivity contribution in [1.29, 1.82) is 0 Å². The summed E-state index contributed by atoms with van der Waals surface area (Å²) < 4.78 is 0. The van der Waals surface area contributed by atoms with Crippen LogP contribution in [0.1, 0.15) is 31.2 Å². The average Bonchev–Trinajstić information content (AvgIpc) is 2.77. The fourth-order valence-electron chi connectivity index (χ4n) is 1.38. The summed E-state index contributed by atoms with van der Waals surface area (Å²) in [6.07, 6.45) is 2.71. The van der Waals surface area contributed by atoms with Gasteiger partial charge in [0.2, 0.25) is 0 Å². The lowest BCUT2D eigenvalue weighted by molar-refractivity contribution is -0.132. The lowest BCUT2D eigenvalue weighted by atomic mass is 10.2. The topological polar surface area (TPSA) is 49.3 Å². The number of aliphatic carboxylic acids is 1. The molecule has 2 N–H and O–H groups in total. The maximum Gasteiger partial charge on any atom is 0.330 e. The van der Waals surface area contributed by atoms with Gasteiger partial charge in [0.05, 0.1) is 0 Å². The van der Waals surface area contributed by atoms with Crippen molar-refractivity contribution in [2.75, 3.05) is 6.54 Å². The lowest BCUT2D eigenvalue weighted by Crippen LogP contribution is -2.20. The number of carboxylic acids is 1. The van der Waals surface area contributed by atoms with Gasteiger partial charge in [-0.3, -0.25) is 0 Å². The molecular weight excluding hydrogens is 222 g/mol. The standard InChI is InChI=1S/C12H17NO2S/c1-3-10(11-5-4-8-16-11)13-7-6-9(2)12(14)15/h4-6,8,10,13H,3,7H2,1-2H3,(H,14,15)/b9-6-. The van der Waals surface area contributed by atoms with Gasteiger partial charge in [-0.2, -0.15) is 0 Å². The van der Waals surface area contributed by atoms with Crippen molar-refractivity contribution >= 4 is 17.3 Å². The first-order valence-electron chi connectivity index (χ1n) is 5.32. The molecule has 16 heavy (non-hydrogen) atoms. The Morgan fingerprint density at radius 3 is 2.94 bits per heavy atom. The zero-order chi connectivity index (χ0) is 12.0. The summed E-state index contributed by atoms with van der Waals surface area (Å²) in [6, 6.07) is 4.44. The summed E-state index contributed by atoms with van der Waals surface area (Å²) in [5.74, 6) is -0.856. The lowest BCUT2D eigenvalue weighted by Gasteiger charge is -2.13. The van der Waals surface area contributed by atoms with Crippen molar-refractivity contribution < 1.29 is 9.90 Å². The molecule has 0 aliphatic carbocycles. The molecule has 1 atom stereocenters. The minimum absolute atomic E-state index is 0.317.